The number of rotatable bonds is 2. The van der Waals surface area contributed by atoms with E-state index >= 15 is 0 Å². The smallest absolute Gasteiger partial charge is 0.410 e. The van der Waals surface area contributed by atoms with Gasteiger partial charge in [0.05, 0.1) is 18.3 Å². The summed E-state index contributed by atoms with van der Waals surface area (Å²) in [6.07, 6.45) is 4.06. The van der Waals surface area contributed by atoms with Crippen molar-refractivity contribution in [2.45, 2.75) is 32.8 Å². The highest BCUT2D eigenvalue weighted by Gasteiger charge is 2.24. The average Bonchev–Trinajstić information content (AvgIpc) is 2.59. The number of benzene rings is 1. The quantitative estimate of drug-likeness (QED) is 0.834. The van der Waals surface area contributed by atoms with Crippen molar-refractivity contribution in [3.63, 3.8) is 0 Å². The zero-order valence-corrected chi connectivity index (χ0v) is 15.1. The fourth-order valence-electron chi connectivity index (χ4n) is 2.80. The van der Waals surface area contributed by atoms with Crippen molar-refractivity contribution in [1.29, 1.82) is 0 Å². The van der Waals surface area contributed by atoms with Crippen LogP contribution in [-0.2, 0) is 4.74 Å². The molecule has 6 nitrogen and oxygen atoms in total. The van der Waals surface area contributed by atoms with Crippen LogP contribution in [0.1, 0.15) is 32.9 Å². The fourth-order valence-corrected chi connectivity index (χ4v) is 2.80. The summed E-state index contributed by atoms with van der Waals surface area (Å²) in [7, 11) is 1.64. The standard InChI is InChI=1S/C19H23N3O3/c1-19(2,3)25-18(23)22-9-7-13(8-10-22)17-15-6-5-14(24-4)11-16(15)20-12-21-17/h5-7,11-12H,8-10H2,1-4H3. The van der Waals surface area contributed by atoms with Gasteiger partial charge in [-0.3, -0.25) is 0 Å². The topological polar surface area (TPSA) is 64.5 Å². The van der Waals surface area contributed by atoms with Gasteiger partial charge >= 0.3 is 6.09 Å². The van der Waals surface area contributed by atoms with E-state index in [0.717, 1.165) is 34.3 Å². The van der Waals surface area contributed by atoms with Crippen LogP contribution >= 0.6 is 0 Å². The lowest BCUT2D eigenvalue weighted by atomic mass is 10.0. The Morgan fingerprint density at radius 2 is 2.04 bits per heavy atom. The summed E-state index contributed by atoms with van der Waals surface area (Å²) < 4.78 is 10.7. The Hall–Kier alpha value is -2.63. The molecule has 0 saturated carbocycles. The fraction of sp³-hybridized carbons (Fsp3) is 0.421. The number of nitrogens with zero attached hydrogens (tertiary/aromatic N) is 3. The largest absolute Gasteiger partial charge is 0.497 e. The summed E-state index contributed by atoms with van der Waals surface area (Å²) >= 11 is 0. The Kier molecular flexibility index (Phi) is 4.61. The molecule has 25 heavy (non-hydrogen) atoms. The van der Waals surface area contributed by atoms with Gasteiger partial charge in [0.25, 0.3) is 0 Å². The molecule has 3 rings (SSSR count). The second-order valence-corrected chi connectivity index (χ2v) is 7.01. The number of fused-ring (bicyclic) bond motifs is 1. The summed E-state index contributed by atoms with van der Waals surface area (Å²) in [5.74, 6) is 0.769. The van der Waals surface area contributed by atoms with E-state index < -0.39 is 5.60 Å². The van der Waals surface area contributed by atoms with Crippen molar-refractivity contribution in [3.8, 4) is 5.75 Å². The highest BCUT2D eigenvalue weighted by Crippen LogP contribution is 2.28. The molecule has 132 valence electrons. The van der Waals surface area contributed by atoms with Crippen LogP contribution in [0.2, 0.25) is 0 Å². The van der Waals surface area contributed by atoms with E-state index in [1.165, 1.54) is 0 Å². The minimum Gasteiger partial charge on any atom is -0.497 e. The Morgan fingerprint density at radius 1 is 1.24 bits per heavy atom. The van der Waals surface area contributed by atoms with Crippen molar-refractivity contribution < 1.29 is 14.3 Å². The number of hydrogen-bond acceptors (Lipinski definition) is 5. The number of carbonyl (C=O) groups is 1. The molecule has 1 aliphatic rings. The zero-order chi connectivity index (χ0) is 18.0. The first-order chi connectivity index (χ1) is 11.9. The molecule has 0 N–H and O–H groups in total. The van der Waals surface area contributed by atoms with E-state index in [-0.39, 0.29) is 6.09 Å². The number of carbonyl (C=O) groups excluding carboxylic acids is 1. The van der Waals surface area contributed by atoms with Crippen molar-refractivity contribution in [1.82, 2.24) is 14.9 Å². The molecule has 0 radical (unpaired) electrons. The molecule has 2 aromatic rings. The minimum atomic E-state index is -0.483. The first-order valence-electron chi connectivity index (χ1n) is 8.33. The molecule has 2 heterocycles. The van der Waals surface area contributed by atoms with E-state index in [2.05, 4.69) is 9.97 Å². The second kappa shape index (κ2) is 6.70. The Balaban J connectivity index is 1.82. The minimum absolute atomic E-state index is 0.278. The molecule has 0 bridgehead atoms. The van der Waals surface area contributed by atoms with Crippen molar-refractivity contribution in [2.24, 2.45) is 0 Å². The van der Waals surface area contributed by atoms with Crippen LogP contribution in [0.25, 0.3) is 16.5 Å². The van der Waals surface area contributed by atoms with E-state index in [0.29, 0.717) is 13.1 Å². The maximum Gasteiger partial charge on any atom is 0.410 e. The molecule has 0 spiro atoms. The summed E-state index contributed by atoms with van der Waals surface area (Å²) in [4.78, 5) is 22.7. The van der Waals surface area contributed by atoms with E-state index in [4.69, 9.17) is 9.47 Å². The second-order valence-electron chi connectivity index (χ2n) is 7.01. The monoisotopic (exact) mass is 341 g/mol. The third-order valence-electron chi connectivity index (χ3n) is 4.01. The molecular formula is C19H23N3O3. The summed E-state index contributed by atoms with van der Waals surface area (Å²) in [5.41, 5.74) is 2.40. The molecule has 0 atom stereocenters. The third kappa shape index (κ3) is 3.90. The van der Waals surface area contributed by atoms with Crippen LogP contribution in [0.3, 0.4) is 0 Å². The van der Waals surface area contributed by atoms with Crippen molar-refractivity contribution >= 4 is 22.6 Å². The molecule has 0 unspecified atom stereocenters. The van der Waals surface area contributed by atoms with Gasteiger partial charge in [-0.2, -0.15) is 0 Å². The van der Waals surface area contributed by atoms with E-state index in [9.17, 15) is 4.79 Å². The maximum atomic E-state index is 12.2. The Bertz CT molecular complexity index is 824. The van der Waals surface area contributed by atoms with Crippen LogP contribution in [0.4, 0.5) is 4.79 Å². The number of methoxy groups -OCH3 is 1. The molecule has 1 aromatic carbocycles. The molecule has 0 saturated heterocycles. The maximum absolute atomic E-state index is 12.2. The van der Waals surface area contributed by atoms with Gasteiger partial charge in [0.15, 0.2) is 0 Å². The lowest BCUT2D eigenvalue weighted by Crippen LogP contribution is -2.39. The van der Waals surface area contributed by atoms with Crippen LogP contribution in [-0.4, -0.2) is 46.8 Å². The summed E-state index contributed by atoms with van der Waals surface area (Å²) in [5, 5.41) is 0.986. The Morgan fingerprint density at radius 3 is 2.68 bits per heavy atom. The molecule has 6 heteroatoms. The zero-order valence-electron chi connectivity index (χ0n) is 15.1. The molecule has 1 amide bonds. The SMILES string of the molecule is COc1ccc2c(C3=CCN(C(=O)OC(C)(C)C)CC3)ncnc2c1. The lowest BCUT2D eigenvalue weighted by Gasteiger charge is -2.29. The van der Waals surface area contributed by atoms with Gasteiger partial charge in [0.2, 0.25) is 0 Å². The van der Waals surface area contributed by atoms with Crippen molar-refractivity contribution in [3.05, 3.63) is 36.3 Å². The normalized spacial score (nSPS) is 15.0. The molecular weight excluding hydrogens is 318 g/mol. The summed E-state index contributed by atoms with van der Waals surface area (Å²) in [6.45, 7) is 6.75. The van der Waals surface area contributed by atoms with Gasteiger partial charge in [0, 0.05) is 24.5 Å². The van der Waals surface area contributed by atoms with Gasteiger partial charge in [-0.15, -0.1) is 0 Å². The molecule has 1 aromatic heterocycles. The molecule has 0 fully saturated rings. The lowest BCUT2D eigenvalue weighted by molar-refractivity contribution is 0.0270. The van der Waals surface area contributed by atoms with Gasteiger partial charge in [0.1, 0.15) is 17.7 Å². The number of hydrogen-bond donors (Lipinski definition) is 0. The predicted molar refractivity (Wildman–Crippen MR) is 96.5 cm³/mol. The summed E-state index contributed by atoms with van der Waals surface area (Å²) in [6, 6.07) is 5.78. The van der Waals surface area contributed by atoms with Gasteiger partial charge in [-0.25, -0.2) is 14.8 Å². The van der Waals surface area contributed by atoms with Gasteiger partial charge in [-0.1, -0.05) is 6.08 Å². The average molecular weight is 341 g/mol. The van der Waals surface area contributed by atoms with Gasteiger partial charge in [-0.05, 0) is 44.9 Å². The highest BCUT2D eigenvalue weighted by atomic mass is 16.6. The predicted octanol–water partition coefficient (Wildman–Crippen LogP) is 3.66. The van der Waals surface area contributed by atoms with Crippen LogP contribution in [0, 0.1) is 0 Å². The first-order valence-corrected chi connectivity index (χ1v) is 8.33. The number of ether oxygens (including phenoxy) is 2. The third-order valence-corrected chi connectivity index (χ3v) is 4.01. The molecule has 1 aliphatic heterocycles. The van der Waals surface area contributed by atoms with Crippen LogP contribution < -0.4 is 4.74 Å². The number of aromatic nitrogens is 2. The highest BCUT2D eigenvalue weighted by molar-refractivity contribution is 5.90. The first kappa shape index (κ1) is 17.2. The van der Waals surface area contributed by atoms with Crippen molar-refractivity contribution in [2.75, 3.05) is 20.2 Å². The number of amides is 1. The van der Waals surface area contributed by atoms with E-state index in [1.807, 2.05) is 45.0 Å². The van der Waals surface area contributed by atoms with E-state index in [1.54, 1.807) is 18.3 Å². The van der Waals surface area contributed by atoms with Gasteiger partial charge < -0.3 is 14.4 Å². The Labute approximate surface area is 147 Å². The molecule has 0 aliphatic carbocycles. The van der Waals surface area contributed by atoms with Crippen LogP contribution in [0.15, 0.2) is 30.6 Å². The van der Waals surface area contributed by atoms with Crippen LogP contribution in [0.5, 0.6) is 5.75 Å².